The minimum absolute atomic E-state index is 0.0842. The van der Waals surface area contributed by atoms with Crippen molar-refractivity contribution in [1.29, 1.82) is 0 Å². The lowest BCUT2D eigenvalue weighted by atomic mass is 10.1. The van der Waals surface area contributed by atoms with Crippen LogP contribution in [0.2, 0.25) is 0 Å². The summed E-state index contributed by atoms with van der Waals surface area (Å²) in [4.78, 5) is 7.48. The number of nitrogens with one attached hydrogen (secondary N) is 2. The van der Waals surface area contributed by atoms with E-state index in [1.807, 2.05) is 30.3 Å². The average Bonchev–Trinajstić information content (AvgIpc) is 2.55. The number of anilines is 2. The van der Waals surface area contributed by atoms with Crippen molar-refractivity contribution in [3.8, 4) is 0 Å². The monoisotopic (exact) mass is 340 g/mol. The van der Waals surface area contributed by atoms with E-state index >= 15 is 0 Å². The minimum atomic E-state index is -4.57. The van der Waals surface area contributed by atoms with E-state index in [2.05, 4.69) is 20.6 Å². The third-order valence-corrected chi connectivity index (χ3v) is 3.23. The fourth-order valence-electron chi connectivity index (χ4n) is 1.99. The van der Waals surface area contributed by atoms with Crippen molar-refractivity contribution in [2.75, 3.05) is 23.8 Å². The Labute approximate surface area is 138 Å². The average molecular weight is 340 g/mol. The van der Waals surface area contributed by atoms with Gasteiger partial charge in [-0.25, -0.2) is 4.98 Å². The Hall–Kier alpha value is -2.35. The van der Waals surface area contributed by atoms with Crippen molar-refractivity contribution < 1.29 is 18.3 Å². The highest BCUT2D eigenvalue weighted by molar-refractivity contribution is 5.43. The normalized spacial score (nSPS) is 12.7. The number of aromatic nitrogens is 2. The molecule has 0 saturated carbocycles. The predicted octanol–water partition coefficient (Wildman–Crippen LogP) is 2.94. The molecule has 1 atom stereocenters. The van der Waals surface area contributed by atoms with Crippen LogP contribution in [-0.4, -0.2) is 34.3 Å². The van der Waals surface area contributed by atoms with Crippen LogP contribution < -0.4 is 10.6 Å². The predicted molar refractivity (Wildman–Crippen MR) is 85.8 cm³/mol. The minimum Gasteiger partial charge on any atom is -0.394 e. The second-order valence-corrected chi connectivity index (χ2v) is 5.35. The number of hydrogen-bond acceptors (Lipinski definition) is 5. The molecule has 0 aliphatic rings. The first-order valence-electron chi connectivity index (χ1n) is 7.50. The summed E-state index contributed by atoms with van der Waals surface area (Å²) in [5.74, 6) is -0.0884. The smallest absolute Gasteiger partial charge is 0.394 e. The van der Waals surface area contributed by atoms with Crippen molar-refractivity contribution in [3.05, 3.63) is 47.7 Å². The van der Waals surface area contributed by atoms with Gasteiger partial charge in [-0.1, -0.05) is 30.3 Å². The van der Waals surface area contributed by atoms with Crippen LogP contribution in [0.1, 0.15) is 18.2 Å². The molecule has 24 heavy (non-hydrogen) atoms. The van der Waals surface area contributed by atoms with Gasteiger partial charge in [0.05, 0.1) is 6.61 Å². The number of nitrogens with zero attached hydrogens (tertiary/aromatic N) is 2. The zero-order valence-electron chi connectivity index (χ0n) is 13.1. The molecule has 1 aromatic carbocycles. The molecule has 0 aliphatic carbocycles. The molecule has 2 rings (SSSR count). The molecular formula is C16H19F3N4O. The van der Waals surface area contributed by atoms with Crippen LogP contribution in [-0.2, 0) is 12.6 Å². The van der Waals surface area contributed by atoms with Gasteiger partial charge in [-0.15, -0.1) is 0 Å². The summed E-state index contributed by atoms with van der Waals surface area (Å²) in [5.41, 5.74) is 0.0368. The third kappa shape index (κ3) is 5.38. The Morgan fingerprint density at radius 2 is 1.88 bits per heavy atom. The first kappa shape index (κ1) is 18.0. The first-order chi connectivity index (χ1) is 11.4. The van der Waals surface area contributed by atoms with E-state index in [0.717, 1.165) is 11.6 Å². The molecule has 130 valence electrons. The Morgan fingerprint density at radius 3 is 2.50 bits per heavy atom. The second-order valence-electron chi connectivity index (χ2n) is 5.35. The molecule has 0 spiro atoms. The van der Waals surface area contributed by atoms with E-state index in [1.165, 1.54) is 0 Å². The highest BCUT2D eigenvalue weighted by Gasteiger charge is 2.33. The van der Waals surface area contributed by atoms with Gasteiger partial charge in [0.25, 0.3) is 0 Å². The summed E-state index contributed by atoms with van der Waals surface area (Å²) < 4.78 is 38.9. The summed E-state index contributed by atoms with van der Waals surface area (Å²) in [5, 5.41) is 14.5. The van der Waals surface area contributed by atoms with E-state index in [1.54, 1.807) is 6.92 Å². The summed E-state index contributed by atoms with van der Waals surface area (Å²) in [6.07, 6.45) is -3.92. The molecule has 3 N–H and O–H groups in total. The lowest BCUT2D eigenvalue weighted by Crippen LogP contribution is -2.22. The molecule has 0 bridgehead atoms. The van der Waals surface area contributed by atoms with Gasteiger partial charge in [0.2, 0.25) is 5.95 Å². The zero-order chi connectivity index (χ0) is 17.6. The number of halogens is 3. The Kier molecular flexibility index (Phi) is 5.97. The fourth-order valence-corrected chi connectivity index (χ4v) is 1.99. The molecular weight excluding hydrogens is 321 g/mol. The van der Waals surface area contributed by atoms with Crippen LogP contribution >= 0.6 is 0 Å². The highest BCUT2D eigenvalue weighted by Crippen LogP contribution is 2.29. The number of hydrogen-bond donors (Lipinski definition) is 3. The van der Waals surface area contributed by atoms with Gasteiger partial charge in [0.15, 0.2) is 5.69 Å². The van der Waals surface area contributed by atoms with Crippen molar-refractivity contribution in [2.45, 2.75) is 25.6 Å². The Balaban J connectivity index is 2.10. The summed E-state index contributed by atoms with van der Waals surface area (Å²) in [7, 11) is 0. The van der Waals surface area contributed by atoms with E-state index in [0.29, 0.717) is 13.0 Å². The quantitative estimate of drug-likeness (QED) is 0.723. The van der Waals surface area contributed by atoms with Crippen LogP contribution in [0.5, 0.6) is 0 Å². The van der Waals surface area contributed by atoms with Gasteiger partial charge in [-0.05, 0) is 18.9 Å². The van der Waals surface area contributed by atoms with E-state index in [-0.39, 0.29) is 18.4 Å². The SMILES string of the molecule is C[C@@H](CO)Nc1nc(NCCc2ccccc2)cc(C(F)(F)F)n1. The molecule has 2 aromatic rings. The standard InChI is InChI=1S/C16H19F3N4O/c1-11(10-24)21-15-22-13(16(17,18)19)9-14(23-15)20-8-7-12-5-3-2-4-6-12/h2-6,9,11,24H,7-8,10H2,1H3,(H2,20,21,22,23)/t11-/m0/s1. The Bertz CT molecular complexity index is 650. The van der Waals surface area contributed by atoms with Crippen molar-refractivity contribution in [1.82, 2.24) is 9.97 Å². The maximum absolute atomic E-state index is 13.0. The van der Waals surface area contributed by atoms with Crippen LogP contribution in [0.3, 0.4) is 0 Å². The molecule has 0 fully saturated rings. The number of benzene rings is 1. The van der Waals surface area contributed by atoms with Crippen molar-refractivity contribution >= 4 is 11.8 Å². The maximum atomic E-state index is 13.0. The zero-order valence-corrected chi connectivity index (χ0v) is 13.1. The molecule has 1 aromatic heterocycles. The van der Waals surface area contributed by atoms with Gasteiger partial charge in [0.1, 0.15) is 5.82 Å². The molecule has 1 heterocycles. The molecule has 0 unspecified atom stereocenters. The van der Waals surface area contributed by atoms with E-state index in [9.17, 15) is 13.2 Å². The lowest BCUT2D eigenvalue weighted by Gasteiger charge is -2.15. The molecule has 0 amide bonds. The number of alkyl halides is 3. The van der Waals surface area contributed by atoms with Gasteiger partial charge < -0.3 is 15.7 Å². The van der Waals surface area contributed by atoms with E-state index in [4.69, 9.17) is 5.11 Å². The summed E-state index contributed by atoms with van der Waals surface area (Å²) >= 11 is 0. The largest absolute Gasteiger partial charge is 0.433 e. The maximum Gasteiger partial charge on any atom is 0.433 e. The number of aliphatic hydroxyl groups excluding tert-OH is 1. The van der Waals surface area contributed by atoms with Crippen LogP contribution in [0, 0.1) is 0 Å². The third-order valence-electron chi connectivity index (χ3n) is 3.23. The molecule has 5 nitrogen and oxygen atoms in total. The first-order valence-corrected chi connectivity index (χ1v) is 7.50. The summed E-state index contributed by atoms with van der Waals surface area (Å²) in [6.45, 7) is 1.82. The molecule has 0 saturated heterocycles. The molecule has 8 heteroatoms. The van der Waals surface area contributed by atoms with Crippen molar-refractivity contribution in [2.24, 2.45) is 0 Å². The second kappa shape index (κ2) is 7.96. The van der Waals surface area contributed by atoms with Crippen molar-refractivity contribution in [3.63, 3.8) is 0 Å². The van der Waals surface area contributed by atoms with Gasteiger partial charge in [0, 0.05) is 18.7 Å². The molecule has 0 aliphatic heterocycles. The lowest BCUT2D eigenvalue weighted by molar-refractivity contribution is -0.141. The fraction of sp³-hybridized carbons (Fsp3) is 0.375. The van der Waals surface area contributed by atoms with Gasteiger partial charge >= 0.3 is 6.18 Å². The van der Waals surface area contributed by atoms with Crippen LogP contribution in [0.4, 0.5) is 24.9 Å². The molecule has 0 radical (unpaired) electrons. The van der Waals surface area contributed by atoms with Gasteiger partial charge in [-0.2, -0.15) is 18.2 Å². The number of aliphatic hydroxyl groups is 1. The summed E-state index contributed by atoms with van der Waals surface area (Å²) in [6, 6.07) is 10.0. The topological polar surface area (TPSA) is 70.1 Å². The van der Waals surface area contributed by atoms with Crippen LogP contribution in [0.25, 0.3) is 0 Å². The number of rotatable bonds is 7. The van der Waals surface area contributed by atoms with Crippen LogP contribution in [0.15, 0.2) is 36.4 Å². The Morgan fingerprint density at radius 1 is 1.17 bits per heavy atom. The van der Waals surface area contributed by atoms with E-state index < -0.39 is 17.9 Å². The highest BCUT2D eigenvalue weighted by atomic mass is 19.4. The van der Waals surface area contributed by atoms with Gasteiger partial charge in [-0.3, -0.25) is 0 Å².